The molecule has 0 aromatic heterocycles. The number of aryl methyl sites for hydroxylation is 1. The van der Waals surface area contributed by atoms with Gasteiger partial charge in [-0.25, -0.2) is 0 Å². The molecule has 22 heavy (non-hydrogen) atoms. The van der Waals surface area contributed by atoms with Crippen LogP contribution < -0.4 is 10.2 Å². The fourth-order valence-electron chi connectivity index (χ4n) is 3.24. The van der Waals surface area contributed by atoms with Crippen LogP contribution >= 0.6 is 0 Å². The second kappa shape index (κ2) is 6.53. The van der Waals surface area contributed by atoms with Gasteiger partial charge in [-0.1, -0.05) is 61.9 Å². The summed E-state index contributed by atoms with van der Waals surface area (Å²) in [5.41, 5.74) is 5.50. The Bertz CT molecular complexity index is 633. The van der Waals surface area contributed by atoms with Crippen molar-refractivity contribution < 1.29 is 0 Å². The van der Waals surface area contributed by atoms with Crippen LogP contribution in [0.1, 0.15) is 30.5 Å². The first-order valence-corrected chi connectivity index (χ1v) is 8.25. The van der Waals surface area contributed by atoms with Gasteiger partial charge >= 0.3 is 0 Å². The van der Waals surface area contributed by atoms with Crippen molar-refractivity contribution in [2.75, 3.05) is 11.4 Å². The van der Waals surface area contributed by atoms with E-state index in [1.807, 2.05) is 0 Å². The molecule has 0 bridgehead atoms. The molecule has 2 heteroatoms. The second-order valence-corrected chi connectivity index (χ2v) is 6.73. The maximum atomic E-state index is 3.72. The maximum absolute atomic E-state index is 3.72. The molecule has 0 fully saturated rings. The minimum Gasteiger partial charge on any atom is -0.365 e. The third-order valence-electron chi connectivity index (χ3n) is 4.56. The van der Waals surface area contributed by atoms with Crippen molar-refractivity contribution in [3.8, 4) is 0 Å². The SMILES string of the molecule is Cc1cccc(CN2CC(C(C)C)NCc3ccccc32)c1. The third kappa shape index (κ3) is 3.33. The van der Waals surface area contributed by atoms with Crippen LogP contribution in [-0.4, -0.2) is 12.6 Å². The van der Waals surface area contributed by atoms with Gasteiger partial charge in [0.05, 0.1) is 0 Å². The van der Waals surface area contributed by atoms with Gasteiger partial charge in [0.1, 0.15) is 0 Å². The molecule has 1 N–H and O–H groups in total. The Balaban J connectivity index is 1.91. The zero-order valence-electron chi connectivity index (χ0n) is 13.8. The highest BCUT2D eigenvalue weighted by molar-refractivity contribution is 5.55. The highest BCUT2D eigenvalue weighted by atomic mass is 15.2. The molecule has 0 saturated carbocycles. The van der Waals surface area contributed by atoms with Crippen LogP contribution in [0.4, 0.5) is 5.69 Å². The van der Waals surface area contributed by atoms with Gasteiger partial charge in [0, 0.05) is 31.4 Å². The van der Waals surface area contributed by atoms with Gasteiger partial charge in [-0.2, -0.15) is 0 Å². The van der Waals surface area contributed by atoms with Gasteiger partial charge in [0.2, 0.25) is 0 Å². The Morgan fingerprint density at radius 1 is 1.14 bits per heavy atom. The van der Waals surface area contributed by atoms with Crippen molar-refractivity contribution in [2.24, 2.45) is 5.92 Å². The number of rotatable bonds is 3. The first-order valence-electron chi connectivity index (χ1n) is 8.25. The van der Waals surface area contributed by atoms with Crippen molar-refractivity contribution in [3.63, 3.8) is 0 Å². The van der Waals surface area contributed by atoms with Gasteiger partial charge in [-0.3, -0.25) is 0 Å². The molecule has 1 aliphatic heterocycles. The maximum Gasteiger partial charge on any atom is 0.0430 e. The molecule has 0 amide bonds. The van der Waals surface area contributed by atoms with Crippen molar-refractivity contribution in [3.05, 3.63) is 65.2 Å². The minimum absolute atomic E-state index is 0.525. The third-order valence-corrected chi connectivity index (χ3v) is 4.56. The van der Waals surface area contributed by atoms with Crippen LogP contribution in [0.5, 0.6) is 0 Å². The number of para-hydroxylation sites is 1. The number of fused-ring (bicyclic) bond motifs is 1. The van der Waals surface area contributed by atoms with E-state index in [9.17, 15) is 0 Å². The highest BCUT2D eigenvalue weighted by Gasteiger charge is 2.23. The zero-order chi connectivity index (χ0) is 15.5. The van der Waals surface area contributed by atoms with Gasteiger partial charge in [-0.15, -0.1) is 0 Å². The normalized spacial score (nSPS) is 18.2. The van der Waals surface area contributed by atoms with Crippen molar-refractivity contribution in [2.45, 2.75) is 39.9 Å². The molecule has 2 nitrogen and oxygen atoms in total. The lowest BCUT2D eigenvalue weighted by molar-refractivity contribution is 0.403. The smallest absolute Gasteiger partial charge is 0.0430 e. The molecule has 0 spiro atoms. The van der Waals surface area contributed by atoms with Crippen LogP contribution in [0, 0.1) is 12.8 Å². The van der Waals surface area contributed by atoms with E-state index < -0.39 is 0 Å². The quantitative estimate of drug-likeness (QED) is 0.915. The summed E-state index contributed by atoms with van der Waals surface area (Å²) < 4.78 is 0. The van der Waals surface area contributed by atoms with E-state index in [-0.39, 0.29) is 0 Å². The first kappa shape index (κ1) is 15.1. The average molecular weight is 294 g/mol. The minimum atomic E-state index is 0.525. The largest absolute Gasteiger partial charge is 0.365 e. The molecule has 1 unspecified atom stereocenters. The van der Waals surface area contributed by atoms with Crippen molar-refractivity contribution in [1.29, 1.82) is 0 Å². The fraction of sp³-hybridized carbons (Fsp3) is 0.400. The molecular weight excluding hydrogens is 268 g/mol. The first-order chi connectivity index (χ1) is 10.6. The van der Waals surface area contributed by atoms with Crippen LogP contribution in [0.3, 0.4) is 0 Å². The van der Waals surface area contributed by atoms with E-state index in [4.69, 9.17) is 0 Å². The van der Waals surface area contributed by atoms with E-state index in [1.165, 1.54) is 22.4 Å². The van der Waals surface area contributed by atoms with Gasteiger partial charge in [0.25, 0.3) is 0 Å². The molecule has 0 radical (unpaired) electrons. The summed E-state index contributed by atoms with van der Waals surface area (Å²) in [4.78, 5) is 2.54. The van der Waals surface area contributed by atoms with Gasteiger partial charge in [-0.05, 0) is 30.0 Å². The van der Waals surface area contributed by atoms with Gasteiger partial charge < -0.3 is 10.2 Å². The zero-order valence-corrected chi connectivity index (χ0v) is 13.8. The molecule has 116 valence electrons. The molecule has 0 saturated heterocycles. The monoisotopic (exact) mass is 294 g/mol. The number of hydrogen-bond donors (Lipinski definition) is 1. The van der Waals surface area contributed by atoms with E-state index >= 15 is 0 Å². The Kier molecular flexibility index (Phi) is 4.49. The lowest BCUT2D eigenvalue weighted by atomic mass is 10.0. The van der Waals surface area contributed by atoms with E-state index in [0.29, 0.717) is 12.0 Å². The van der Waals surface area contributed by atoms with E-state index in [2.05, 4.69) is 79.5 Å². The fourth-order valence-corrected chi connectivity index (χ4v) is 3.24. The summed E-state index contributed by atoms with van der Waals surface area (Å²) in [7, 11) is 0. The molecule has 0 aliphatic carbocycles. The molecule has 1 aliphatic rings. The Morgan fingerprint density at radius 2 is 1.95 bits per heavy atom. The number of anilines is 1. The van der Waals surface area contributed by atoms with Crippen LogP contribution in [-0.2, 0) is 13.1 Å². The molecule has 2 aromatic carbocycles. The predicted molar refractivity (Wildman–Crippen MR) is 94.1 cm³/mol. The molecule has 2 aromatic rings. The topological polar surface area (TPSA) is 15.3 Å². The Morgan fingerprint density at radius 3 is 2.73 bits per heavy atom. The molecule has 1 atom stereocenters. The Labute approximate surface area is 134 Å². The lowest BCUT2D eigenvalue weighted by Crippen LogP contribution is -2.41. The van der Waals surface area contributed by atoms with Crippen LogP contribution in [0.15, 0.2) is 48.5 Å². The average Bonchev–Trinajstić information content (AvgIpc) is 2.68. The molecular formula is C20H26N2. The van der Waals surface area contributed by atoms with Crippen LogP contribution in [0.25, 0.3) is 0 Å². The number of hydrogen-bond acceptors (Lipinski definition) is 2. The van der Waals surface area contributed by atoms with Crippen molar-refractivity contribution >= 4 is 5.69 Å². The highest BCUT2D eigenvalue weighted by Crippen LogP contribution is 2.26. The number of nitrogens with one attached hydrogen (secondary N) is 1. The molecule has 3 rings (SSSR count). The van der Waals surface area contributed by atoms with Gasteiger partial charge in [0.15, 0.2) is 0 Å². The van der Waals surface area contributed by atoms with Crippen molar-refractivity contribution in [1.82, 2.24) is 5.32 Å². The summed E-state index contributed by atoms with van der Waals surface area (Å²) in [6, 6.07) is 18.2. The summed E-state index contributed by atoms with van der Waals surface area (Å²) >= 11 is 0. The summed E-state index contributed by atoms with van der Waals surface area (Å²) in [6.45, 7) is 9.77. The predicted octanol–water partition coefficient (Wildman–Crippen LogP) is 4.13. The lowest BCUT2D eigenvalue weighted by Gasteiger charge is -2.29. The van der Waals surface area contributed by atoms with E-state index in [0.717, 1.165) is 19.6 Å². The molecule has 1 heterocycles. The number of benzene rings is 2. The number of nitrogens with zero attached hydrogens (tertiary/aromatic N) is 1. The summed E-state index contributed by atoms with van der Waals surface area (Å²) in [6.07, 6.45) is 0. The van der Waals surface area contributed by atoms with Crippen LogP contribution in [0.2, 0.25) is 0 Å². The Hall–Kier alpha value is -1.80. The summed E-state index contributed by atoms with van der Waals surface area (Å²) in [5, 5.41) is 3.72. The summed E-state index contributed by atoms with van der Waals surface area (Å²) in [5.74, 6) is 0.634. The second-order valence-electron chi connectivity index (χ2n) is 6.73. The standard InChI is InChI=1S/C20H26N2/c1-15(2)19-14-22(13-17-8-6-7-16(3)11-17)20-10-5-4-9-18(20)12-21-19/h4-11,15,19,21H,12-14H2,1-3H3. The van der Waals surface area contributed by atoms with E-state index in [1.54, 1.807) is 0 Å².